The van der Waals surface area contributed by atoms with Crippen LogP contribution in [-0.4, -0.2) is 40.3 Å². The SMILES string of the molecule is CCCCCCCCSCCOP(O)(=S)SCCSCCCCCCCC. The molecule has 0 saturated heterocycles. The molecule has 27 heavy (non-hydrogen) atoms. The van der Waals surface area contributed by atoms with Crippen molar-refractivity contribution >= 4 is 52.4 Å². The Kier molecular flexibility index (Phi) is 23.6. The third-order valence-electron chi connectivity index (χ3n) is 4.25. The molecule has 1 N–H and O–H groups in total. The molecular formula is C20H43O2PS4. The molecule has 2 nitrogen and oxygen atoms in total. The van der Waals surface area contributed by atoms with Crippen molar-refractivity contribution in [2.75, 3.05) is 35.4 Å². The Morgan fingerprint density at radius 3 is 1.70 bits per heavy atom. The minimum Gasteiger partial charge on any atom is -0.337 e. The Balaban J connectivity index is 3.32. The van der Waals surface area contributed by atoms with Crippen LogP contribution in [0.4, 0.5) is 0 Å². The molecule has 1 atom stereocenters. The van der Waals surface area contributed by atoms with Crippen molar-refractivity contribution in [3.05, 3.63) is 0 Å². The number of hydrogen-bond donors (Lipinski definition) is 1. The first-order valence-electron chi connectivity index (χ1n) is 10.9. The maximum Gasteiger partial charge on any atom is 0.244 e. The number of thioether (sulfide) groups is 2. The molecule has 0 heterocycles. The lowest BCUT2D eigenvalue weighted by Gasteiger charge is -2.14. The Hall–Kier alpha value is 1.62. The summed E-state index contributed by atoms with van der Waals surface area (Å²) < 4.78 is 5.59. The van der Waals surface area contributed by atoms with Gasteiger partial charge in [-0.05, 0) is 36.2 Å². The molecule has 0 bridgehead atoms. The second-order valence-corrected chi connectivity index (χ2v) is 15.6. The van der Waals surface area contributed by atoms with E-state index in [9.17, 15) is 4.89 Å². The summed E-state index contributed by atoms with van der Waals surface area (Å²) in [4.78, 5) is 10.2. The quantitative estimate of drug-likeness (QED) is 0.126. The van der Waals surface area contributed by atoms with Gasteiger partial charge in [0.05, 0.1) is 6.61 Å². The fourth-order valence-electron chi connectivity index (χ4n) is 2.63. The van der Waals surface area contributed by atoms with Crippen LogP contribution < -0.4 is 0 Å². The smallest absolute Gasteiger partial charge is 0.244 e. The first kappa shape index (κ1) is 28.6. The van der Waals surface area contributed by atoms with Gasteiger partial charge >= 0.3 is 0 Å². The van der Waals surface area contributed by atoms with Gasteiger partial charge in [-0.25, -0.2) is 0 Å². The van der Waals surface area contributed by atoms with Gasteiger partial charge in [0.1, 0.15) is 0 Å². The fraction of sp³-hybridized carbons (Fsp3) is 1.00. The lowest BCUT2D eigenvalue weighted by Crippen LogP contribution is -1.96. The summed E-state index contributed by atoms with van der Waals surface area (Å²) in [6.45, 7) is 5.11. The third-order valence-corrected chi connectivity index (χ3v) is 10.9. The van der Waals surface area contributed by atoms with Crippen LogP contribution in [0.15, 0.2) is 0 Å². The van der Waals surface area contributed by atoms with E-state index in [1.54, 1.807) is 0 Å². The molecule has 1 unspecified atom stereocenters. The zero-order chi connectivity index (χ0) is 20.1. The van der Waals surface area contributed by atoms with E-state index >= 15 is 0 Å². The van der Waals surface area contributed by atoms with Gasteiger partial charge in [-0.15, -0.1) is 0 Å². The van der Waals surface area contributed by atoms with Crippen molar-refractivity contribution in [1.29, 1.82) is 0 Å². The van der Waals surface area contributed by atoms with Crippen molar-refractivity contribution in [2.45, 2.75) is 90.9 Å². The monoisotopic (exact) mass is 474 g/mol. The summed E-state index contributed by atoms with van der Waals surface area (Å²) in [5.74, 6) is 5.35. The largest absolute Gasteiger partial charge is 0.337 e. The van der Waals surface area contributed by atoms with Gasteiger partial charge < -0.3 is 9.42 Å². The summed E-state index contributed by atoms with van der Waals surface area (Å²) in [6.07, 6.45) is 16.2. The van der Waals surface area contributed by atoms with Gasteiger partial charge in [-0.2, -0.15) is 23.5 Å². The lowest BCUT2D eigenvalue weighted by molar-refractivity contribution is 0.344. The van der Waals surface area contributed by atoms with Crippen LogP contribution in [0, 0.1) is 0 Å². The second kappa shape index (κ2) is 22.3. The van der Waals surface area contributed by atoms with Gasteiger partial charge in [0.25, 0.3) is 0 Å². The molecule has 0 aromatic rings. The first-order chi connectivity index (χ1) is 13.1. The summed E-state index contributed by atoms with van der Waals surface area (Å²) in [7, 11) is 0. The van der Waals surface area contributed by atoms with Gasteiger partial charge in [0.15, 0.2) is 0 Å². The second-order valence-electron chi connectivity index (χ2n) is 6.90. The summed E-state index contributed by atoms with van der Waals surface area (Å²) in [5.41, 5.74) is -2.62. The van der Waals surface area contributed by atoms with Crippen LogP contribution in [-0.2, 0) is 16.3 Å². The number of hydrogen-bond acceptors (Lipinski definition) is 5. The highest BCUT2D eigenvalue weighted by atomic mass is 32.9. The van der Waals surface area contributed by atoms with Crippen LogP contribution in [0.1, 0.15) is 90.9 Å². The van der Waals surface area contributed by atoms with E-state index in [-0.39, 0.29) is 0 Å². The summed E-state index contributed by atoms with van der Waals surface area (Å²) >= 11 is 10.6. The highest BCUT2D eigenvalue weighted by Gasteiger charge is 2.13. The summed E-state index contributed by atoms with van der Waals surface area (Å²) in [6, 6.07) is 0. The predicted molar refractivity (Wildman–Crippen MR) is 136 cm³/mol. The molecule has 0 spiro atoms. The van der Waals surface area contributed by atoms with E-state index in [0.717, 1.165) is 17.3 Å². The topological polar surface area (TPSA) is 29.5 Å². The number of rotatable bonds is 22. The fourth-order valence-corrected chi connectivity index (χ4v) is 8.28. The normalized spacial score (nSPS) is 13.7. The molecule has 0 aliphatic carbocycles. The van der Waals surface area contributed by atoms with E-state index in [2.05, 4.69) is 13.8 Å². The highest BCUT2D eigenvalue weighted by Crippen LogP contribution is 2.56. The van der Waals surface area contributed by atoms with Crippen molar-refractivity contribution in [3.8, 4) is 0 Å². The molecule has 0 radical (unpaired) electrons. The van der Waals surface area contributed by atoms with Gasteiger partial charge in [0, 0.05) is 17.3 Å². The van der Waals surface area contributed by atoms with Crippen LogP contribution in [0.5, 0.6) is 0 Å². The van der Waals surface area contributed by atoms with Gasteiger partial charge in [0.2, 0.25) is 5.69 Å². The van der Waals surface area contributed by atoms with Gasteiger partial charge in [-0.1, -0.05) is 89.4 Å². The zero-order valence-corrected chi connectivity index (χ0v) is 21.8. The molecule has 0 aromatic heterocycles. The van der Waals surface area contributed by atoms with E-state index < -0.39 is 5.69 Å². The molecule has 7 heteroatoms. The Morgan fingerprint density at radius 2 is 1.15 bits per heavy atom. The van der Waals surface area contributed by atoms with Crippen LogP contribution in [0.3, 0.4) is 0 Å². The summed E-state index contributed by atoms with van der Waals surface area (Å²) in [5, 5.41) is 0. The van der Waals surface area contributed by atoms with Crippen molar-refractivity contribution in [1.82, 2.24) is 0 Å². The van der Waals surface area contributed by atoms with Gasteiger partial charge in [-0.3, -0.25) is 0 Å². The van der Waals surface area contributed by atoms with E-state index in [0.29, 0.717) is 6.61 Å². The average Bonchev–Trinajstić information content (AvgIpc) is 2.64. The minimum absolute atomic E-state index is 0.589. The Labute approximate surface area is 187 Å². The van der Waals surface area contributed by atoms with Crippen molar-refractivity contribution in [2.24, 2.45) is 0 Å². The molecule has 0 fully saturated rings. The van der Waals surface area contributed by atoms with Crippen LogP contribution >= 0.6 is 40.6 Å². The maximum atomic E-state index is 10.2. The first-order valence-corrected chi connectivity index (χ1v) is 17.5. The third kappa shape index (κ3) is 23.8. The molecule has 0 amide bonds. The van der Waals surface area contributed by atoms with Crippen molar-refractivity contribution in [3.63, 3.8) is 0 Å². The number of unbranched alkanes of at least 4 members (excludes halogenated alkanes) is 10. The lowest BCUT2D eigenvalue weighted by atomic mass is 10.1. The van der Waals surface area contributed by atoms with E-state index in [4.69, 9.17) is 16.3 Å². The molecule has 0 aliphatic rings. The Morgan fingerprint density at radius 1 is 0.667 bits per heavy atom. The average molecular weight is 475 g/mol. The van der Waals surface area contributed by atoms with Crippen LogP contribution in [0.25, 0.3) is 0 Å². The molecule has 0 rings (SSSR count). The predicted octanol–water partition coefficient (Wildman–Crippen LogP) is 8.14. The molecule has 164 valence electrons. The van der Waals surface area contributed by atoms with E-state index in [1.165, 1.54) is 99.9 Å². The van der Waals surface area contributed by atoms with E-state index in [1.807, 2.05) is 23.5 Å². The molecule has 0 aliphatic heterocycles. The molecule has 0 aromatic carbocycles. The molecular weight excluding hydrogens is 431 g/mol. The van der Waals surface area contributed by atoms with Crippen LogP contribution in [0.2, 0.25) is 0 Å². The molecule has 0 saturated carbocycles. The standard InChI is InChI=1S/C20H43O2PS4/c1-3-5-7-9-11-13-16-25-18-15-22-23(21,24)27-20-19-26-17-14-12-10-8-6-4-2/h3-20H2,1-2H3,(H,21,24). The maximum absolute atomic E-state index is 10.2. The van der Waals surface area contributed by atoms with Crippen molar-refractivity contribution < 1.29 is 9.42 Å². The minimum atomic E-state index is -2.62. The Bertz CT molecular complexity index is 318. The zero-order valence-electron chi connectivity index (χ0n) is 17.7. The highest BCUT2D eigenvalue weighted by molar-refractivity contribution is 8.67.